The summed E-state index contributed by atoms with van der Waals surface area (Å²) in [5, 5.41) is 0. The fourth-order valence-electron chi connectivity index (χ4n) is 0. The topological polar surface area (TPSA) is 0 Å². The Morgan fingerprint density at radius 1 is 1.50 bits per heavy atom. The Labute approximate surface area is 66.6 Å². The first-order chi connectivity index (χ1) is 3.41. The summed E-state index contributed by atoms with van der Waals surface area (Å²) in [7, 11) is 0. The van der Waals surface area contributed by atoms with Gasteiger partial charge in [0.05, 0.1) is 0 Å². The highest BCUT2D eigenvalue weighted by atomic mass is 79.9. The molecule has 0 aliphatic heterocycles. The molecule has 0 aromatic carbocycles. The van der Waals surface area contributed by atoms with E-state index in [1.54, 1.807) is 0 Å². The lowest BCUT2D eigenvalue weighted by atomic mass is 11.7. The summed E-state index contributed by atoms with van der Waals surface area (Å²) in [5.74, 6) is 0. The molecule has 0 aromatic heterocycles. The minimum absolute atomic E-state index is 1.06. The summed E-state index contributed by atoms with van der Waals surface area (Å²) in [6.45, 7) is 0. The van der Waals surface area contributed by atoms with Crippen LogP contribution in [-0.4, -0.2) is 4.29 Å². The average Bonchev–Trinajstić information content (AvgIpc) is 1.27. The minimum Gasteiger partial charge on any atom is -0.222 e. The van der Waals surface area contributed by atoms with E-state index >= 15 is 0 Å². The van der Waals surface area contributed by atoms with Gasteiger partial charge in [0.1, 0.15) is 0 Å². The molecule has 0 heterocycles. The molecule has 0 atom stereocenters. The first kappa shape index (κ1) is 11.8. The van der Waals surface area contributed by atoms with Crippen LogP contribution in [-0.2, 0) is 0 Å². The van der Waals surface area contributed by atoms with Gasteiger partial charge in [0.15, 0.2) is 0 Å². The normalized spacial score (nSPS) is 9.75. The SMILES string of the molecule is FC(F)(Cl)Br.F[C]Br. The van der Waals surface area contributed by atoms with E-state index in [0.717, 1.165) is 5.58 Å². The average molecular weight is 276 g/mol. The van der Waals surface area contributed by atoms with E-state index in [-0.39, 0.29) is 0 Å². The van der Waals surface area contributed by atoms with Gasteiger partial charge in [0.2, 0.25) is 0 Å². The third-order valence-electron chi connectivity index (χ3n) is 0. The molecule has 0 nitrogen and oxygen atoms in total. The van der Waals surface area contributed by atoms with Crippen molar-refractivity contribution in [3.05, 3.63) is 5.58 Å². The van der Waals surface area contributed by atoms with E-state index < -0.39 is 4.29 Å². The van der Waals surface area contributed by atoms with E-state index in [4.69, 9.17) is 0 Å². The second-order valence-electron chi connectivity index (χ2n) is 0.500. The highest BCUT2D eigenvalue weighted by molar-refractivity contribution is 9.10. The van der Waals surface area contributed by atoms with Crippen molar-refractivity contribution >= 4 is 43.5 Å². The molecular weight excluding hydrogens is 276 g/mol. The second kappa shape index (κ2) is 6.16. The standard InChI is InChI=1S/CBrClF2.CBrF/c2-1(3,4)5;2-1-3. The van der Waals surface area contributed by atoms with Crippen LogP contribution in [0.4, 0.5) is 13.2 Å². The highest BCUT2D eigenvalue weighted by Gasteiger charge is 2.16. The van der Waals surface area contributed by atoms with E-state index in [1.165, 1.54) is 0 Å². The van der Waals surface area contributed by atoms with Crippen LogP contribution in [0.1, 0.15) is 0 Å². The van der Waals surface area contributed by atoms with Crippen molar-refractivity contribution < 1.29 is 13.2 Å². The molecule has 50 valence electrons. The maximum absolute atomic E-state index is 10.7. The Hall–Kier alpha value is 1.04. The van der Waals surface area contributed by atoms with Crippen LogP contribution in [0.2, 0.25) is 0 Å². The summed E-state index contributed by atoms with van der Waals surface area (Å²) in [6.07, 6.45) is 0. The molecule has 2 radical (unpaired) electrons. The van der Waals surface area contributed by atoms with Crippen molar-refractivity contribution in [3.8, 4) is 0 Å². The molecule has 0 unspecified atom stereocenters. The van der Waals surface area contributed by atoms with E-state index in [0.29, 0.717) is 0 Å². The largest absolute Gasteiger partial charge is 0.378 e. The van der Waals surface area contributed by atoms with E-state index in [9.17, 15) is 13.2 Å². The number of rotatable bonds is 0. The Kier molecular flexibility index (Phi) is 9.09. The summed E-state index contributed by atoms with van der Waals surface area (Å²) >= 11 is 8.15. The molecule has 0 amide bonds. The Morgan fingerprint density at radius 2 is 1.50 bits per heavy atom. The van der Waals surface area contributed by atoms with Crippen molar-refractivity contribution in [1.29, 1.82) is 0 Å². The second-order valence-corrected chi connectivity index (χ2v) is 2.73. The number of hydrogen-bond donors (Lipinski definition) is 0. The fraction of sp³-hybridized carbons (Fsp3) is 0.500. The molecule has 0 aromatic rings. The van der Waals surface area contributed by atoms with Gasteiger partial charge in [-0.1, -0.05) is 0 Å². The maximum Gasteiger partial charge on any atom is 0.378 e. The lowest BCUT2D eigenvalue weighted by Crippen LogP contribution is -1.85. The molecule has 0 N–H and O–H groups in total. The van der Waals surface area contributed by atoms with Gasteiger partial charge in [-0.2, -0.15) is 8.78 Å². The Balaban J connectivity index is 0. The lowest BCUT2D eigenvalue weighted by molar-refractivity contribution is 0.212. The smallest absolute Gasteiger partial charge is 0.222 e. The molecule has 0 bridgehead atoms. The zero-order chi connectivity index (χ0) is 7.21. The van der Waals surface area contributed by atoms with Crippen LogP contribution in [0.3, 0.4) is 0 Å². The maximum atomic E-state index is 10.7. The van der Waals surface area contributed by atoms with Crippen LogP contribution < -0.4 is 0 Å². The minimum atomic E-state index is -3.22. The highest BCUT2D eigenvalue weighted by Crippen LogP contribution is 2.25. The number of alkyl halides is 4. The van der Waals surface area contributed by atoms with Crippen LogP contribution in [0.25, 0.3) is 0 Å². The molecule has 0 rings (SSSR count). The van der Waals surface area contributed by atoms with Crippen LogP contribution >= 0.6 is 43.5 Å². The molecule has 0 aliphatic carbocycles. The van der Waals surface area contributed by atoms with Gasteiger partial charge in [0, 0.05) is 15.9 Å². The van der Waals surface area contributed by atoms with Gasteiger partial charge in [-0.05, 0) is 27.5 Å². The van der Waals surface area contributed by atoms with Gasteiger partial charge >= 0.3 is 4.29 Å². The van der Waals surface area contributed by atoms with Crippen LogP contribution in [0.15, 0.2) is 0 Å². The first-order valence-corrected chi connectivity index (χ1v) is 3.10. The fourth-order valence-corrected chi connectivity index (χ4v) is 0. The predicted octanol–water partition coefficient (Wildman–Crippen LogP) is 3.52. The summed E-state index contributed by atoms with van der Waals surface area (Å²) in [6, 6.07) is 0. The third-order valence-corrected chi connectivity index (χ3v) is 0. The monoisotopic (exact) mass is 274 g/mol. The van der Waals surface area contributed by atoms with Gasteiger partial charge in [-0.15, -0.1) is 0 Å². The summed E-state index contributed by atoms with van der Waals surface area (Å²) in [4.78, 5) is 0. The molecule has 8 heavy (non-hydrogen) atoms. The molecular formula is C2Br2ClF3. The zero-order valence-electron chi connectivity index (χ0n) is 3.27. The quantitative estimate of drug-likeness (QED) is 0.594. The molecule has 0 fully saturated rings. The third kappa shape index (κ3) is 237. The Bertz CT molecular complexity index is 39.0. The molecule has 0 saturated heterocycles. The van der Waals surface area contributed by atoms with Crippen molar-refractivity contribution in [2.24, 2.45) is 0 Å². The molecule has 0 aliphatic rings. The van der Waals surface area contributed by atoms with Gasteiger partial charge < -0.3 is 0 Å². The molecule has 0 saturated carbocycles. The molecule has 0 spiro atoms. The Morgan fingerprint density at radius 3 is 1.50 bits per heavy atom. The van der Waals surface area contributed by atoms with Crippen LogP contribution in [0.5, 0.6) is 0 Å². The van der Waals surface area contributed by atoms with Crippen molar-refractivity contribution in [1.82, 2.24) is 0 Å². The number of halogens is 6. The summed E-state index contributed by atoms with van der Waals surface area (Å²) in [5.41, 5.74) is 1.06. The molecule has 6 heteroatoms. The summed E-state index contributed by atoms with van der Waals surface area (Å²) < 4.78 is 28.1. The predicted molar refractivity (Wildman–Crippen MR) is 33.0 cm³/mol. The van der Waals surface area contributed by atoms with Crippen molar-refractivity contribution in [2.75, 3.05) is 0 Å². The van der Waals surface area contributed by atoms with E-state index in [1.807, 2.05) is 15.9 Å². The van der Waals surface area contributed by atoms with Gasteiger partial charge in [-0.3, -0.25) is 0 Å². The first-order valence-electron chi connectivity index (χ1n) is 1.13. The number of hydrogen-bond acceptors (Lipinski definition) is 0. The van der Waals surface area contributed by atoms with Crippen LogP contribution in [0, 0.1) is 5.58 Å². The van der Waals surface area contributed by atoms with Gasteiger partial charge in [-0.25, -0.2) is 4.39 Å². The van der Waals surface area contributed by atoms with E-state index in [2.05, 4.69) is 27.5 Å². The van der Waals surface area contributed by atoms with Crippen molar-refractivity contribution in [2.45, 2.75) is 4.29 Å². The zero-order valence-corrected chi connectivity index (χ0v) is 7.20. The lowest BCUT2D eigenvalue weighted by Gasteiger charge is -1.87. The van der Waals surface area contributed by atoms with Crippen molar-refractivity contribution in [3.63, 3.8) is 0 Å². The van der Waals surface area contributed by atoms with Gasteiger partial charge in [0.25, 0.3) is 5.58 Å².